The summed E-state index contributed by atoms with van der Waals surface area (Å²) in [6, 6.07) is 14.8. The van der Waals surface area contributed by atoms with Crippen LogP contribution in [-0.2, 0) is 22.7 Å². The van der Waals surface area contributed by atoms with E-state index < -0.39 is 0 Å². The van der Waals surface area contributed by atoms with Crippen LogP contribution in [0.2, 0.25) is 0 Å². The maximum absolute atomic E-state index is 12.5. The van der Waals surface area contributed by atoms with Gasteiger partial charge in [0.15, 0.2) is 0 Å². The van der Waals surface area contributed by atoms with Crippen molar-refractivity contribution in [1.29, 1.82) is 0 Å². The minimum absolute atomic E-state index is 0.0719. The first-order valence-electron chi connectivity index (χ1n) is 11.3. The number of nitrogens with one attached hydrogen (secondary N) is 3. The number of carbonyl (C=O) groups excluding carboxylic acids is 3. The number of hydrogen-bond acceptors (Lipinski definition) is 5. The van der Waals surface area contributed by atoms with Gasteiger partial charge in [0.1, 0.15) is 11.5 Å². The van der Waals surface area contributed by atoms with E-state index in [2.05, 4.69) is 16.0 Å². The first-order valence-corrected chi connectivity index (χ1v) is 11.3. The zero-order chi connectivity index (χ0) is 24.3. The molecule has 1 saturated heterocycles. The van der Waals surface area contributed by atoms with E-state index in [9.17, 15) is 14.4 Å². The largest absolute Gasteiger partial charge is 0.497 e. The van der Waals surface area contributed by atoms with Gasteiger partial charge in [0.2, 0.25) is 11.8 Å². The Morgan fingerprint density at radius 1 is 0.794 bits per heavy atom. The van der Waals surface area contributed by atoms with Gasteiger partial charge in [-0.3, -0.25) is 9.59 Å². The standard InChI is InChI=1S/C25H32N4O5/c1-33-21-7-3-18(4-8-21)15-26-23(30)17-27-24(31)20-11-13-29(14-12-20)25(32)28-16-19-5-9-22(34-2)10-6-19/h3-10,20H,11-17H2,1-2H3,(H,26,30)(H,27,31)(H,28,32). The van der Waals surface area contributed by atoms with Crippen molar-refractivity contribution in [2.45, 2.75) is 25.9 Å². The molecule has 0 aliphatic carbocycles. The van der Waals surface area contributed by atoms with Crippen LogP contribution in [0.3, 0.4) is 0 Å². The van der Waals surface area contributed by atoms with Gasteiger partial charge in [0.25, 0.3) is 0 Å². The molecule has 4 amide bonds. The number of nitrogens with zero attached hydrogens (tertiary/aromatic N) is 1. The van der Waals surface area contributed by atoms with E-state index in [0.29, 0.717) is 39.0 Å². The first-order chi connectivity index (χ1) is 16.5. The highest BCUT2D eigenvalue weighted by Gasteiger charge is 2.27. The van der Waals surface area contributed by atoms with Crippen LogP contribution in [0.15, 0.2) is 48.5 Å². The molecule has 0 atom stereocenters. The van der Waals surface area contributed by atoms with E-state index in [-0.39, 0.29) is 30.3 Å². The maximum Gasteiger partial charge on any atom is 0.317 e. The van der Waals surface area contributed by atoms with Crippen molar-refractivity contribution in [3.8, 4) is 11.5 Å². The van der Waals surface area contributed by atoms with Crippen molar-refractivity contribution < 1.29 is 23.9 Å². The lowest BCUT2D eigenvalue weighted by Gasteiger charge is -2.31. The van der Waals surface area contributed by atoms with Gasteiger partial charge in [0.05, 0.1) is 20.8 Å². The molecule has 0 bridgehead atoms. The third kappa shape index (κ3) is 7.40. The molecule has 34 heavy (non-hydrogen) atoms. The number of likely N-dealkylation sites (tertiary alicyclic amines) is 1. The summed E-state index contributed by atoms with van der Waals surface area (Å²) in [5, 5.41) is 8.40. The Bertz CT molecular complexity index is 954. The lowest BCUT2D eigenvalue weighted by atomic mass is 9.96. The molecule has 0 unspecified atom stereocenters. The topological polar surface area (TPSA) is 109 Å². The Labute approximate surface area is 199 Å². The molecule has 0 saturated carbocycles. The van der Waals surface area contributed by atoms with E-state index in [1.54, 1.807) is 19.1 Å². The Balaban J connectivity index is 1.32. The van der Waals surface area contributed by atoms with Gasteiger partial charge >= 0.3 is 6.03 Å². The first kappa shape index (κ1) is 24.9. The molecule has 0 spiro atoms. The fourth-order valence-electron chi connectivity index (χ4n) is 3.70. The Morgan fingerprint density at radius 3 is 1.79 bits per heavy atom. The number of urea groups is 1. The highest BCUT2D eigenvalue weighted by molar-refractivity contribution is 5.86. The number of methoxy groups -OCH3 is 2. The number of amides is 4. The van der Waals surface area contributed by atoms with E-state index in [1.165, 1.54) is 0 Å². The molecular formula is C25H32N4O5. The molecule has 2 aromatic rings. The summed E-state index contributed by atoms with van der Waals surface area (Å²) < 4.78 is 10.2. The number of carbonyl (C=O) groups is 3. The van der Waals surface area contributed by atoms with Crippen molar-refractivity contribution in [2.75, 3.05) is 33.9 Å². The zero-order valence-electron chi connectivity index (χ0n) is 19.6. The van der Waals surface area contributed by atoms with Gasteiger partial charge in [-0.15, -0.1) is 0 Å². The van der Waals surface area contributed by atoms with Crippen LogP contribution >= 0.6 is 0 Å². The molecule has 182 valence electrons. The van der Waals surface area contributed by atoms with Gasteiger partial charge in [-0.1, -0.05) is 24.3 Å². The Hall–Kier alpha value is -3.75. The molecule has 1 aliphatic heterocycles. The number of hydrogen-bond donors (Lipinski definition) is 3. The van der Waals surface area contributed by atoms with Crippen LogP contribution in [0.1, 0.15) is 24.0 Å². The molecule has 1 heterocycles. The molecule has 2 aromatic carbocycles. The number of benzene rings is 2. The third-order valence-electron chi connectivity index (χ3n) is 5.83. The summed E-state index contributed by atoms with van der Waals surface area (Å²) in [5.41, 5.74) is 1.92. The fourth-order valence-corrected chi connectivity index (χ4v) is 3.70. The number of rotatable bonds is 9. The highest BCUT2D eigenvalue weighted by Crippen LogP contribution is 2.18. The SMILES string of the molecule is COc1ccc(CNC(=O)CNC(=O)C2CCN(C(=O)NCc3ccc(OC)cc3)CC2)cc1. The van der Waals surface area contributed by atoms with Crippen LogP contribution in [-0.4, -0.2) is 56.6 Å². The van der Waals surface area contributed by atoms with Gasteiger partial charge in [-0.2, -0.15) is 0 Å². The second kappa shape index (κ2) is 12.5. The summed E-state index contributed by atoms with van der Waals surface area (Å²) in [7, 11) is 3.21. The predicted octanol–water partition coefficient (Wildman–Crippen LogP) is 2.06. The average Bonchev–Trinajstić information content (AvgIpc) is 2.89. The molecule has 3 rings (SSSR count). The van der Waals surface area contributed by atoms with Crippen molar-refractivity contribution >= 4 is 17.8 Å². The normalized spacial score (nSPS) is 13.6. The van der Waals surface area contributed by atoms with Crippen molar-refractivity contribution in [2.24, 2.45) is 5.92 Å². The zero-order valence-corrected chi connectivity index (χ0v) is 19.6. The average molecular weight is 469 g/mol. The lowest BCUT2D eigenvalue weighted by molar-refractivity contribution is -0.129. The molecule has 1 fully saturated rings. The Morgan fingerprint density at radius 2 is 1.29 bits per heavy atom. The summed E-state index contributed by atoms with van der Waals surface area (Å²) in [4.78, 5) is 38.7. The van der Waals surface area contributed by atoms with Crippen LogP contribution in [0.5, 0.6) is 11.5 Å². The second-order valence-electron chi connectivity index (χ2n) is 8.11. The van der Waals surface area contributed by atoms with Crippen LogP contribution in [0.4, 0.5) is 4.79 Å². The van der Waals surface area contributed by atoms with E-state index >= 15 is 0 Å². The molecule has 3 N–H and O–H groups in total. The van der Waals surface area contributed by atoms with E-state index in [4.69, 9.17) is 9.47 Å². The minimum Gasteiger partial charge on any atom is -0.497 e. The van der Waals surface area contributed by atoms with E-state index in [0.717, 1.165) is 22.6 Å². The molecule has 9 heteroatoms. The maximum atomic E-state index is 12.5. The minimum atomic E-state index is -0.250. The highest BCUT2D eigenvalue weighted by atomic mass is 16.5. The molecular weight excluding hydrogens is 436 g/mol. The Kier molecular flexibility index (Phi) is 9.13. The van der Waals surface area contributed by atoms with Gasteiger partial charge in [-0.05, 0) is 48.2 Å². The van der Waals surface area contributed by atoms with Crippen LogP contribution < -0.4 is 25.4 Å². The van der Waals surface area contributed by atoms with Crippen LogP contribution in [0.25, 0.3) is 0 Å². The third-order valence-corrected chi connectivity index (χ3v) is 5.83. The monoisotopic (exact) mass is 468 g/mol. The van der Waals surface area contributed by atoms with Gasteiger partial charge in [0, 0.05) is 32.1 Å². The summed E-state index contributed by atoms with van der Waals surface area (Å²) in [5.74, 6) is 0.908. The number of piperidine rings is 1. The predicted molar refractivity (Wildman–Crippen MR) is 127 cm³/mol. The fraction of sp³-hybridized carbons (Fsp3) is 0.400. The molecule has 1 aliphatic rings. The molecule has 0 radical (unpaired) electrons. The summed E-state index contributed by atoms with van der Waals surface area (Å²) in [6.45, 7) is 1.72. The quantitative estimate of drug-likeness (QED) is 0.522. The lowest BCUT2D eigenvalue weighted by Crippen LogP contribution is -2.47. The van der Waals surface area contributed by atoms with E-state index in [1.807, 2.05) is 48.5 Å². The van der Waals surface area contributed by atoms with Crippen LogP contribution in [0, 0.1) is 5.92 Å². The molecule has 9 nitrogen and oxygen atoms in total. The summed E-state index contributed by atoms with van der Waals surface area (Å²) in [6.07, 6.45) is 1.13. The number of ether oxygens (including phenoxy) is 2. The van der Waals surface area contributed by atoms with Crippen molar-refractivity contribution in [3.05, 3.63) is 59.7 Å². The van der Waals surface area contributed by atoms with Crippen molar-refractivity contribution in [3.63, 3.8) is 0 Å². The van der Waals surface area contributed by atoms with Crippen molar-refractivity contribution in [1.82, 2.24) is 20.9 Å². The summed E-state index contributed by atoms with van der Waals surface area (Å²) >= 11 is 0. The van der Waals surface area contributed by atoms with Gasteiger partial charge < -0.3 is 30.3 Å². The second-order valence-corrected chi connectivity index (χ2v) is 8.11. The molecule has 0 aromatic heterocycles. The smallest absolute Gasteiger partial charge is 0.317 e. The van der Waals surface area contributed by atoms with Gasteiger partial charge in [-0.25, -0.2) is 4.79 Å².